The van der Waals surface area contributed by atoms with Gasteiger partial charge in [-0.15, -0.1) is 0 Å². The fraction of sp³-hybridized carbons (Fsp3) is 0.111. The van der Waals surface area contributed by atoms with Gasteiger partial charge in [-0.1, -0.05) is 30.3 Å². The van der Waals surface area contributed by atoms with Crippen LogP contribution in [-0.2, 0) is 0 Å². The van der Waals surface area contributed by atoms with Gasteiger partial charge < -0.3 is 9.97 Å². The Bertz CT molecular complexity index is 836. The minimum absolute atomic E-state index is 1.22. The van der Waals surface area contributed by atoms with Crippen molar-refractivity contribution in [2.75, 3.05) is 0 Å². The van der Waals surface area contributed by atoms with Gasteiger partial charge in [0.2, 0.25) is 0 Å². The van der Waals surface area contributed by atoms with Gasteiger partial charge in [0.15, 0.2) is 0 Å². The maximum Gasteiger partial charge on any atom is 0.0483 e. The number of para-hydroxylation sites is 1. The molecule has 0 amide bonds. The molecule has 100 valence electrons. The summed E-state index contributed by atoms with van der Waals surface area (Å²) >= 11 is 0. The Labute approximate surface area is 118 Å². The van der Waals surface area contributed by atoms with Gasteiger partial charge in [0.25, 0.3) is 0 Å². The second-order valence-corrected chi connectivity index (χ2v) is 5.09. The monoisotopic (exact) mass is 262 g/mol. The quantitative estimate of drug-likeness (QED) is 0.449. The molecule has 0 saturated heterocycles. The Hall–Kier alpha value is -2.48. The largest absolute Gasteiger partial charge is 0.361 e. The van der Waals surface area contributed by atoms with Crippen molar-refractivity contribution in [1.29, 1.82) is 0 Å². The first kappa shape index (κ1) is 12.5. The summed E-state index contributed by atoms with van der Waals surface area (Å²) in [6.07, 6.45) is 3.93. The molecule has 0 aliphatic rings. The van der Waals surface area contributed by atoms with Gasteiger partial charge in [0, 0.05) is 23.4 Å². The molecule has 0 aliphatic heterocycles. The van der Waals surface area contributed by atoms with Crippen molar-refractivity contribution in [2.24, 2.45) is 0 Å². The predicted molar refractivity (Wildman–Crippen MR) is 86.1 cm³/mol. The van der Waals surface area contributed by atoms with Crippen LogP contribution in [0.1, 0.15) is 11.1 Å². The number of fused-ring (bicyclic) bond motifs is 2. The van der Waals surface area contributed by atoms with Crippen LogP contribution in [0.4, 0.5) is 0 Å². The lowest BCUT2D eigenvalue weighted by Crippen LogP contribution is -1.72. The Morgan fingerprint density at radius 3 is 2.40 bits per heavy atom. The first-order chi connectivity index (χ1) is 9.74. The summed E-state index contributed by atoms with van der Waals surface area (Å²) < 4.78 is 0. The Kier molecular flexibility index (Phi) is 3.30. The maximum absolute atomic E-state index is 3.19. The molecular weight excluding hydrogens is 244 g/mol. The van der Waals surface area contributed by atoms with Crippen molar-refractivity contribution >= 4 is 21.8 Å². The van der Waals surface area contributed by atoms with Crippen LogP contribution in [0.25, 0.3) is 21.8 Å². The zero-order valence-electron chi connectivity index (χ0n) is 11.8. The van der Waals surface area contributed by atoms with E-state index in [4.69, 9.17) is 0 Å². The summed E-state index contributed by atoms with van der Waals surface area (Å²) in [5.74, 6) is 0. The average molecular weight is 262 g/mol. The first-order valence-electron chi connectivity index (χ1n) is 6.80. The van der Waals surface area contributed by atoms with E-state index in [9.17, 15) is 0 Å². The molecular formula is C18H18N2. The number of rotatable bonds is 0. The second-order valence-electron chi connectivity index (χ2n) is 5.09. The summed E-state index contributed by atoms with van der Waals surface area (Å²) in [6, 6.07) is 16.9. The molecule has 0 unspecified atom stereocenters. The van der Waals surface area contributed by atoms with E-state index < -0.39 is 0 Å². The van der Waals surface area contributed by atoms with Crippen molar-refractivity contribution in [2.45, 2.75) is 13.8 Å². The summed E-state index contributed by atoms with van der Waals surface area (Å²) in [5.41, 5.74) is 5.08. The molecule has 2 aromatic heterocycles. The van der Waals surface area contributed by atoms with Gasteiger partial charge in [-0.3, -0.25) is 0 Å². The van der Waals surface area contributed by atoms with Crippen LogP contribution in [-0.4, -0.2) is 9.97 Å². The standard InChI is InChI=1S/2C9H9N/c1-7-2-3-8-4-5-10-9(8)6-7;1-7-3-2-4-8-5-6-10-9(7)8/h2*2-6,10H,1H3. The van der Waals surface area contributed by atoms with E-state index in [0.29, 0.717) is 0 Å². The van der Waals surface area contributed by atoms with Crippen LogP contribution in [0.15, 0.2) is 60.9 Å². The Balaban J connectivity index is 0.000000121. The molecule has 2 heterocycles. The highest BCUT2D eigenvalue weighted by atomic mass is 14.7. The third-order valence-electron chi connectivity index (χ3n) is 3.51. The third-order valence-corrected chi connectivity index (χ3v) is 3.51. The number of hydrogen-bond acceptors (Lipinski definition) is 0. The van der Waals surface area contributed by atoms with Crippen LogP contribution in [0.2, 0.25) is 0 Å². The minimum Gasteiger partial charge on any atom is -0.361 e. The van der Waals surface area contributed by atoms with E-state index in [1.807, 2.05) is 12.4 Å². The highest BCUT2D eigenvalue weighted by molar-refractivity contribution is 5.82. The normalized spacial score (nSPS) is 10.5. The lowest BCUT2D eigenvalue weighted by molar-refractivity contribution is 1.42. The van der Waals surface area contributed by atoms with Crippen molar-refractivity contribution in [3.8, 4) is 0 Å². The number of aromatic nitrogens is 2. The molecule has 4 rings (SSSR count). The predicted octanol–water partition coefficient (Wildman–Crippen LogP) is 4.95. The number of hydrogen-bond donors (Lipinski definition) is 2. The topological polar surface area (TPSA) is 31.6 Å². The van der Waals surface area contributed by atoms with Crippen LogP contribution in [0.3, 0.4) is 0 Å². The molecule has 0 bridgehead atoms. The Morgan fingerprint density at radius 1 is 0.750 bits per heavy atom. The highest BCUT2D eigenvalue weighted by Crippen LogP contribution is 2.15. The molecule has 0 saturated carbocycles. The molecule has 20 heavy (non-hydrogen) atoms. The zero-order chi connectivity index (χ0) is 13.9. The third kappa shape index (κ3) is 2.45. The first-order valence-corrected chi connectivity index (χ1v) is 6.80. The zero-order valence-corrected chi connectivity index (χ0v) is 11.8. The summed E-state index contributed by atoms with van der Waals surface area (Å²) in [4.78, 5) is 6.35. The van der Waals surface area contributed by atoms with Crippen molar-refractivity contribution in [1.82, 2.24) is 9.97 Å². The maximum atomic E-state index is 3.19. The van der Waals surface area contributed by atoms with E-state index in [-0.39, 0.29) is 0 Å². The van der Waals surface area contributed by atoms with Crippen LogP contribution < -0.4 is 0 Å². The lowest BCUT2D eigenvalue weighted by atomic mass is 10.2. The van der Waals surface area contributed by atoms with Gasteiger partial charge in [0.1, 0.15) is 0 Å². The number of H-pyrrole nitrogens is 2. The molecule has 0 atom stereocenters. The summed E-state index contributed by atoms with van der Waals surface area (Å²) in [6.45, 7) is 4.21. The molecule has 2 N–H and O–H groups in total. The van der Waals surface area contributed by atoms with Gasteiger partial charge in [-0.2, -0.15) is 0 Å². The van der Waals surface area contributed by atoms with Crippen LogP contribution in [0.5, 0.6) is 0 Å². The number of aryl methyl sites for hydroxylation is 2. The van der Waals surface area contributed by atoms with E-state index >= 15 is 0 Å². The number of nitrogens with one attached hydrogen (secondary N) is 2. The fourth-order valence-electron chi connectivity index (χ4n) is 2.40. The van der Waals surface area contributed by atoms with Gasteiger partial charge in [-0.25, -0.2) is 0 Å². The average Bonchev–Trinajstić information content (AvgIpc) is 3.07. The van der Waals surface area contributed by atoms with E-state index in [1.54, 1.807) is 0 Å². The smallest absolute Gasteiger partial charge is 0.0483 e. The van der Waals surface area contributed by atoms with Crippen LogP contribution in [0, 0.1) is 13.8 Å². The number of benzene rings is 2. The van der Waals surface area contributed by atoms with Gasteiger partial charge in [0.05, 0.1) is 0 Å². The molecule has 0 aliphatic carbocycles. The lowest BCUT2D eigenvalue weighted by Gasteiger charge is -1.92. The summed E-state index contributed by atoms with van der Waals surface area (Å²) in [7, 11) is 0. The highest BCUT2D eigenvalue weighted by Gasteiger charge is 1.93. The van der Waals surface area contributed by atoms with Crippen molar-refractivity contribution < 1.29 is 0 Å². The van der Waals surface area contributed by atoms with Crippen molar-refractivity contribution in [3.63, 3.8) is 0 Å². The molecule has 0 fully saturated rings. The van der Waals surface area contributed by atoms with Crippen LogP contribution >= 0.6 is 0 Å². The van der Waals surface area contributed by atoms with Crippen molar-refractivity contribution in [3.05, 3.63) is 72.1 Å². The molecule has 2 nitrogen and oxygen atoms in total. The number of aromatic amines is 2. The molecule has 0 spiro atoms. The van der Waals surface area contributed by atoms with Gasteiger partial charge in [-0.05, 0) is 53.9 Å². The molecule has 2 aromatic carbocycles. The second kappa shape index (κ2) is 5.25. The molecule has 0 radical (unpaired) electrons. The summed E-state index contributed by atoms with van der Waals surface area (Å²) in [5, 5.41) is 2.57. The van der Waals surface area contributed by atoms with E-state index in [0.717, 1.165) is 0 Å². The van der Waals surface area contributed by atoms with E-state index in [1.165, 1.54) is 32.9 Å². The Morgan fingerprint density at radius 2 is 1.55 bits per heavy atom. The van der Waals surface area contributed by atoms with E-state index in [2.05, 4.69) is 72.3 Å². The molecule has 4 aromatic rings. The van der Waals surface area contributed by atoms with Gasteiger partial charge >= 0.3 is 0 Å². The minimum atomic E-state index is 1.22. The fourth-order valence-corrected chi connectivity index (χ4v) is 2.40. The SMILES string of the molecule is Cc1ccc2cc[nH]c2c1.Cc1cccc2cc[nH]c12. The molecule has 2 heteroatoms.